The van der Waals surface area contributed by atoms with Gasteiger partial charge in [-0.25, -0.2) is 15.1 Å². The SMILES string of the molecule is O=C(O)CONC(=O)Nc1ccc(-c2ccccc2)cc1. The van der Waals surface area contributed by atoms with Gasteiger partial charge in [-0.2, -0.15) is 0 Å². The van der Waals surface area contributed by atoms with E-state index in [1.54, 1.807) is 12.1 Å². The molecule has 0 aliphatic heterocycles. The molecular formula is C15H14N2O4. The number of nitrogens with one attached hydrogen (secondary N) is 2. The average Bonchev–Trinajstić information content (AvgIpc) is 2.48. The smallest absolute Gasteiger partial charge is 0.343 e. The molecular weight excluding hydrogens is 272 g/mol. The number of hydroxylamine groups is 1. The molecule has 0 aromatic heterocycles. The van der Waals surface area contributed by atoms with Gasteiger partial charge in [0.15, 0.2) is 6.61 Å². The molecule has 0 unspecified atom stereocenters. The van der Waals surface area contributed by atoms with E-state index in [1.165, 1.54) is 0 Å². The lowest BCUT2D eigenvalue weighted by atomic mass is 10.1. The van der Waals surface area contributed by atoms with Crippen LogP contribution >= 0.6 is 0 Å². The van der Waals surface area contributed by atoms with Crippen molar-refractivity contribution in [2.45, 2.75) is 0 Å². The van der Waals surface area contributed by atoms with Crippen LogP contribution in [0, 0.1) is 0 Å². The van der Waals surface area contributed by atoms with E-state index in [2.05, 4.69) is 10.2 Å². The Labute approximate surface area is 121 Å². The minimum Gasteiger partial charge on any atom is -0.479 e. The second-order valence-corrected chi connectivity index (χ2v) is 4.18. The molecule has 0 heterocycles. The van der Waals surface area contributed by atoms with E-state index >= 15 is 0 Å². The van der Waals surface area contributed by atoms with Crippen molar-refractivity contribution in [2.24, 2.45) is 0 Å². The van der Waals surface area contributed by atoms with Crippen molar-refractivity contribution in [1.82, 2.24) is 5.48 Å². The molecule has 0 aliphatic carbocycles. The zero-order valence-corrected chi connectivity index (χ0v) is 11.1. The highest BCUT2D eigenvalue weighted by atomic mass is 16.7. The van der Waals surface area contributed by atoms with E-state index in [0.29, 0.717) is 5.69 Å². The van der Waals surface area contributed by atoms with E-state index in [0.717, 1.165) is 11.1 Å². The zero-order valence-electron chi connectivity index (χ0n) is 11.1. The lowest BCUT2D eigenvalue weighted by Crippen LogP contribution is -2.30. The summed E-state index contributed by atoms with van der Waals surface area (Å²) < 4.78 is 0. The number of carboxylic acids is 1. The second kappa shape index (κ2) is 7.06. The maximum atomic E-state index is 11.4. The van der Waals surface area contributed by atoms with Crippen molar-refractivity contribution < 1.29 is 19.5 Å². The van der Waals surface area contributed by atoms with Crippen LogP contribution in [0.15, 0.2) is 54.6 Å². The number of amides is 2. The quantitative estimate of drug-likeness (QED) is 0.737. The maximum Gasteiger partial charge on any atom is 0.343 e. The van der Waals surface area contributed by atoms with Crippen LogP contribution in [0.4, 0.5) is 10.5 Å². The first-order valence-corrected chi connectivity index (χ1v) is 6.21. The Balaban J connectivity index is 1.91. The lowest BCUT2D eigenvalue weighted by molar-refractivity contribution is -0.143. The van der Waals surface area contributed by atoms with Crippen molar-refractivity contribution in [3.63, 3.8) is 0 Å². The highest BCUT2D eigenvalue weighted by Gasteiger charge is 2.04. The fourth-order valence-corrected chi connectivity index (χ4v) is 1.70. The first kappa shape index (κ1) is 14.5. The van der Waals surface area contributed by atoms with E-state index < -0.39 is 18.6 Å². The van der Waals surface area contributed by atoms with Gasteiger partial charge in [0.1, 0.15) is 0 Å². The summed E-state index contributed by atoms with van der Waals surface area (Å²) >= 11 is 0. The summed E-state index contributed by atoms with van der Waals surface area (Å²) in [6, 6.07) is 16.5. The molecule has 0 aliphatic rings. The second-order valence-electron chi connectivity index (χ2n) is 4.18. The van der Waals surface area contributed by atoms with Gasteiger partial charge in [0.2, 0.25) is 0 Å². The van der Waals surface area contributed by atoms with Gasteiger partial charge in [0, 0.05) is 5.69 Å². The third-order valence-corrected chi connectivity index (χ3v) is 2.61. The maximum absolute atomic E-state index is 11.4. The normalized spacial score (nSPS) is 9.90. The van der Waals surface area contributed by atoms with Gasteiger partial charge in [0.25, 0.3) is 0 Å². The molecule has 0 bridgehead atoms. The third-order valence-electron chi connectivity index (χ3n) is 2.61. The van der Waals surface area contributed by atoms with Gasteiger partial charge >= 0.3 is 12.0 Å². The van der Waals surface area contributed by atoms with Crippen LogP contribution < -0.4 is 10.8 Å². The van der Waals surface area contributed by atoms with E-state index in [-0.39, 0.29) is 0 Å². The van der Waals surface area contributed by atoms with Crippen LogP contribution in [0.25, 0.3) is 11.1 Å². The van der Waals surface area contributed by atoms with Crippen molar-refractivity contribution in [3.05, 3.63) is 54.6 Å². The number of carboxylic acid groups (broad SMARTS) is 1. The number of urea groups is 1. The highest BCUT2D eigenvalue weighted by Crippen LogP contribution is 2.20. The molecule has 0 saturated carbocycles. The fourth-order valence-electron chi connectivity index (χ4n) is 1.70. The topological polar surface area (TPSA) is 87.7 Å². The molecule has 6 nitrogen and oxygen atoms in total. The number of hydrogen-bond acceptors (Lipinski definition) is 3. The van der Waals surface area contributed by atoms with Crippen molar-refractivity contribution in [3.8, 4) is 11.1 Å². The number of carbonyl (C=O) groups excluding carboxylic acids is 1. The summed E-state index contributed by atoms with van der Waals surface area (Å²) in [5.41, 5.74) is 4.67. The molecule has 3 N–H and O–H groups in total. The molecule has 0 fully saturated rings. The van der Waals surface area contributed by atoms with Crippen LogP contribution in [-0.4, -0.2) is 23.7 Å². The van der Waals surface area contributed by atoms with Gasteiger partial charge in [-0.3, -0.25) is 4.84 Å². The molecule has 6 heteroatoms. The monoisotopic (exact) mass is 286 g/mol. The molecule has 2 aromatic carbocycles. The van der Waals surface area contributed by atoms with Crippen LogP contribution in [0.1, 0.15) is 0 Å². The molecule has 2 aromatic rings. The van der Waals surface area contributed by atoms with E-state index in [1.807, 2.05) is 47.9 Å². The van der Waals surface area contributed by atoms with Crippen LogP contribution in [-0.2, 0) is 9.63 Å². The number of benzene rings is 2. The Morgan fingerprint density at radius 1 is 0.952 bits per heavy atom. The number of anilines is 1. The van der Waals surface area contributed by atoms with Crippen molar-refractivity contribution in [1.29, 1.82) is 0 Å². The minimum absolute atomic E-state index is 0.575. The van der Waals surface area contributed by atoms with Gasteiger partial charge in [-0.1, -0.05) is 42.5 Å². The first-order valence-electron chi connectivity index (χ1n) is 6.21. The third kappa shape index (κ3) is 4.63. The molecule has 0 radical (unpaired) electrons. The zero-order chi connectivity index (χ0) is 15.1. The Hall–Kier alpha value is -2.86. The number of carbonyl (C=O) groups is 2. The Bertz CT molecular complexity index is 611. The molecule has 108 valence electrons. The number of hydrogen-bond donors (Lipinski definition) is 3. The minimum atomic E-state index is -1.16. The molecule has 21 heavy (non-hydrogen) atoms. The highest BCUT2D eigenvalue weighted by molar-refractivity contribution is 5.88. The molecule has 2 amide bonds. The summed E-state index contributed by atoms with van der Waals surface area (Å²) in [6.45, 7) is -0.597. The predicted molar refractivity (Wildman–Crippen MR) is 77.6 cm³/mol. The number of rotatable bonds is 5. The van der Waals surface area contributed by atoms with Crippen molar-refractivity contribution >= 4 is 17.7 Å². The van der Waals surface area contributed by atoms with Crippen LogP contribution in [0.5, 0.6) is 0 Å². The van der Waals surface area contributed by atoms with Gasteiger partial charge in [0.05, 0.1) is 0 Å². The standard InChI is InChI=1S/C15H14N2O4/c18-14(19)10-21-17-15(20)16-13-8-6-12(7-9-13)11-4-2-1-3-5-11/h1-9H,10H2,(H,18,19)(H2,16,17,20). The van der Waals surface area contributed by atoms with Gasteiger partial charge in [-0.05, 0) is 23.3 Å². The summed E-state index contributed by atoms with van der Waals surface area (Å²) in [5.74, 6) is -1.16. The molecule has 2 rings (SSSR count). The van der Waals surface area contributed by atoms with Gasteiger partial charge < -0.3 is 10.4 Å². The Kier molecular flexibility index (Phi) is 4.89. The predicted octanol–water partition coefficient (Wildman–Crippen LogP) is 2.49. The fraction of sp³-hybridized carbons (Fsp3) is 0.0667. The van der Waals surface area contributed by atoms with Crippen LogP contribution in [0.2, 0.25) is 0 Å². The molecule has 0 spiro atoms. The summed E-state index contributed by atoms with van der Waals surface area (Å²) in [5, 5.41) is 10.9. The molecule has 0 atom stereocenters. The van der Waals surface area contributed by atoms with Gasteiger partial charge in [-0.15, -0.1) is 0 Å². The van der Waals surface area contributed by atoms with E-state index in [4.69, 9.17) is 5.11 Å². The summed E-state index contributed by atoms with van der Waals surface area (Å²) in [4.78, 5) is 26.1. The summed E-state index contributed by atoms with van der Waals surface area (Å²) in [7, 11) is 0. The average molecular weight is 286 g/mol. The lowest BCUT2D eigenvalue weighted by Gasteiger charge is -2.07. The number of aliphatic carboxylic acids is 1. The largest absolute Gasteiger partial charge is 0.479 e. The summed E-state index contributed by atoms with van der Waals surface area (Å²) in [6.07, 6.45) is 0. The van der Waals surface area contributed by atoms with Crippen LogP contribution in [0.3, 0.4) is 0 Å². The Morgan fingerprint density at radius 2 is 1.57 bits per heavy atom. The van der Waals surface area contributed by atoms with Crippen molar-refractivity contribution in [2.75, 3.05) is 11.9 Å². The Morgan fingerprint density at radius 3 is 2.19 bits per heavy atom. The molecule has 0 saturated heterocycles. The van der Waals surface area contributed by atoms with E-state index in [9.17, 15) is 9.59 Å². The first-order chi connectivity index (χ1) is 10.1.